The monoisotopic (exact) mass is 880 g/mol. The number of imidazole rings is 1. The van der Waals surface area contributed by atoms with Crippen LogP contribution in [-0.4, -0.2) is 103 Å². The molecule has 4 aromatic carbocycles. The Hall–Kier alpha value is -6.12. The lowest BCUT2D eigenvalue weighted by Crippen LogP contribution is -2.59. The first kappa shape index (κ1) is 42.6. The molecule has 0 bridgehead atoms. The zero-order valence-electron chi connectivity index (χ0n) is 34.7. The number of aromatic nitrogens is 6. The fraction of sp³-hybridized carbons (Fsp3) is 0.302. The van der Waals surface area contributed by atoms with Crippen molar-refractivity contribution in [1.29, 1.82) is 0 Å². The molecule has 0 saturated carbocycles. The average molecular weight is 881 g/mol. The molecule has 0 amide bonds. The minimum atomic E-state index is -4.85. The smallest absolute Gasteiger partial charge is 0.235 e. The Morgan fingerprint density at radius 3 is 1.94 bits per heavy atom. The zero-order valence-corrected chi connectivity index (χ0v) is 36.3. The number of allylic oxidation sites excluding steroid dienone is 3. The van der Waals surface area contributed by atoms with Gasteiger partial charge in [0.05, 0.1) is 49.2 Å². The van der Waals surface area contributed by atoms with E-state index in [4.69, 9.17) is 30.2 Å². The number of likely N-dealkylation sites (tertiary alicyclic amines) is 1. The summed E-state index contributed by atoms with van der Waals surface area (Å²) >= 11 is 0. The highest BCUT2D eigenvalue weighted by molar-refractivity contribution is 7.96. The van der Waals surface area contributed by atoms with E-state index < -0.39 is 41.5 Å². The molecular weight excluding hydrogens is 833 g/mol. The van der Waals surface area contributed by atoms with Gasteiger partial charge in [-0.25, -0.2) is 31.6 Å². The number of rotatable bonds is 15. The normalized spacial score (nSPS) is 19.7. The Morgan fingerprint density at radius 1 is 0.823 bits per heavy atom. The number of nitrogens with zero attached hydrogens (tertiary/aromatic N) is 7. The number of aromatic amines is 1. The first-order valence-corrected chi connectivity index (χ1v) is 22.8. The van der Waals surface area contributed by atoms with Crippen LogP contribution in [0.1, 0.15) is 34.5 Å². The van der Waals surface area contributed by atoms with Crippen molar-refractivity contribution in [3.05, 3.63) is 136 Å². The van der Waals surface area contributed by atoms with E-state index in [1.807, 2.05) is 37.4 Å². The van der Waals surface area contributed by atoms with Gasteiger partial charge in [-0.15, -0.1) is 5.10 Å². The average Bonchev–Trinajstić information content (AvgIpc) is 4.03. The van der Waals surface area contributed by atoms with Crippen molar-refractivity contribution < 1.29 is 31.0 Å². The minimum absolute atomic E-state index is 0.103. The third-order valence-electron chi connectivity index (χ3n) is 11.8. The molecule has 2 aliphatic rings. The van der Waals surface area contributed by atoms with E-state index in [9.17, 15) is 8.42 Å². The highest BCUT2D eigenvalue weighted by Crippen LogP contribution is 2.56. The van der Waals surface area contributed by atoms with E-state index in [1.165, 1.54) is 10.4 Å². The highest BCUT2D eigenvalue weighted by atomic mass is 32.2. The maximum atomic E-state index is 16.5. The number of anilines is 1. The van der Waals surface area contributed by atoms with Gasteiger partial charge in [0.2, 0.25) is 20.0 Å². The standard InChI is InChI=1S/C43H48N10O7S2/c1-51-23-22-31(27-51)43(41-48-49-50-53(41)26-30-12-18-34(60-4)19-13-30)36(35-6-5-7-37-39(35)47-42(44)46-37)20-21-38(61(45,54)55)40(43)62(56,57)52(24-28-8-14-32(58-2)15-9-28)25-29-10-16-33(59-3)17-11-29/h5-21,31,40H,22-27H2,1-4H3,(H3,44,46,47)(H2,45,54,55)/t31?,40-,43?/m0/s1. The number of para-hydroxylation sites is 1. The largest absolute Gasteiger partial charge is 0.497 e. The van der Waals surface area contributed by atoms with Gasteiger partial charge in [-0.2, -0.15) is 4.31 Å². The van der Waals surface area contributed by atoms with E-state index in [-0.39, 0.29) is 31.4 Å². The van der Waals surface area contributed by atoms with Crippen molar-refractivity contribution in [2.24, 2.45) is 11.1 Å². The molecule has 8 rings (SSSR count). The minimum Gasteiger partial charge on any atom is -0.497 e. The van der Waals surface area contributed by atoms with Gasteiger partial charge in [0.25, 0.3) is 0 Å². The van der Waals surface area contributed by atoms with Crippen LogP contribution in [0.2, 0.25) is 0 Å². The van der Waals surface area contributed by atoms with Gasteiger partial charge in [0.1, 0.15) is 22.5 Å². The van der Waals surface area contributed by atoms with Crippen LogP contribution in [0.15, 0.2) is 108 Å². The Kier molecular flexibility index (Phi) is 11.7. The molecule has 2 unspecified atom stereocenters. The molecule has 324 valence electrons. The number of hydrogen-bond acceptors (Lipinski definition) is 13. The third kappa shape index (κ3) is 7.93. The Labute approximate surface area is 360 Å². The summed E-state index contributed by atoms with van der Waals surface area (Å²) in [6, 6.07) is 26.8. The quantitative estimate of drug-likeness (QED) is 0.132. The Balaban J connectivity index is 1.44. The number of ether oxygens (including phenoxy) is 3. The van der Waals surface area contributed by atoms with E-state index in [2.05, 4.69) is 25.3 Å². The second kappa shape index (κ2) is 17.0. The molecule has 19 heteroatoms. The highest BCUT2D eigenvalue weighted by Gasteiger charge is 2.64. The molecule has 17 nitrogen and oxygen atoms in total. The molecule has 1 aliphatic heterocycles. The molecule has 5 N–H and O–H groups in total. The number of nitrogens with one attached hydrogen (secondary N) is 1. The molecule has 62 heavy (non-hydrogen) atoms. The van der Waals surface area contributed by atoms with E-state index >= 15 is 8.42 Å². The van der Waals surface area contributed by atoms with Crippen LogP contribution in [0, 0.1) is 5.92 Å². The summed E-state index contributed by atoms with van der Waals surface area (Å²) in [7, 11) is -3.00. The van der Waals surface area contributed by atoms with E-state index in [0.29, 0.717) is 70.1 Å². The molecule has 2 aromatic heterocycles. The van der Waals surface area contributed by atoms with Gasteiger partial charge >= 0.3 is 0 Å². The van der Waals surface area contributed by atoms with E-state index in [1.54, 1.807) is 92.8 Å². The van der Waals surface area contributed by atoms with Crippen LogP contribution < -0.4 is 25.1 Å². The summed E-state index contributed by atoms with van der Waals surface area (Å²) in [6.07, 6.45) is 3.38. The molecule has 1 saturated heterocycles. The van der Waals surface area contributed by atoms with Gasteiger partial charge in [0, 0.05) is 25.2 Å². The number of primary sulfonamides is 1. The predicted octanol–water partition coefficient (Wildman–Crippen LogP) is 4.07. The molecule has 3 heterocycles. The predicted molar refractivity (Wildman–Crippen MR) is 235 cm³/mol. The fourth-order valence-electron chi connectivity index (χ4n) is 8.89. The number of H-pyrrole nitrogens is 1. The maximum Gasteiger partial charge on any atom is 0.235 e. The van der Waals surface area contributed by atoms with Crippen LogP contribution in [-0.2, 0) is 45.1 Å². The van der Waals surface area contributed by atoms with Crippen molar-refractivity contribution in [1.82, 2.24) is 39.4 Å². The summed E-state index contributed by atoms with van der Waals surface area (Å²) in [5.41, 5.74) is 8.48. The first-order valence-electron chi connectivity index (χ1n) is 19.8. The number of sulfonamides is 2. The van der Waals surface area contributed by atoms with Crippen LogP contribution in [0.4, 0.5) is 5.95 Å². The van der Waals surface area contributed by atoms with Crippen LogP contribution >= 0.6 is 0 Å². The summed E-state index contributed by atoms with van der Waals surface area (Å²) in [5.74, 6) is 1.50. The lowest BCUT2D eigenvalue weighted by molar-refractivity contribution is 0.293. The zero-order chi connectivity index (χ0) is 43.8. The molecule has 1 fully saturated rings. The Morgan fingerprint density at radius 2 is 1.40 bits per heavy atom. The second-order valence-corrected chi connectivity index (χ2v) is 19.1. The third-order valence-corrected chi connectivity index (χ3v) is 15.2. The van der Waals surface area contributed by atoms with Crippen molar-refractivity contribution in [3.8, 4) is 17.2 Å². The van der Waals surface area contributed by atoms with Gasteiger partial charge < -0.3 is 29.8 Å². The van der Waals surface area contributed by atoms with Crippen molar-refractivity contribution in [2.45, 2.75) is 36.7 Å². The number of tetrazole rings is 1. The van der Waals surface area contributed by atoms with Gasteiger partial charge in [-0.3, -0.25) is 0 Å². The van der Waals surface area contributed by atoms with Gasteiger partial charge in [-0.05, 0) is 107 Å². The Bertz CT molecular complexity index is 2810. The van der Waals surface area contributed by atoms with Crippen LogP contribution in [0.5, 0.6) is 17.2 Å². The molecule has 6 aromatic rings. The molecular formula is C43H48N10O7S2. The fourth-order valence-corrected chi connectivity index (χ4v) is 12.6. The topological polar surface area (TPSA) is 227 Å². The number of fused-ring (bicyclic) bond motifs is 1. The number of hydrogen-bond donors (Lipinski definition) is 3. The van der Waals surface area contributed by atoms with Crippen molar-refractivity contribution >= 4 is 42.6 Å². The summed E-state index contributed by atoms with van der Waals surface area (Å²) in [5, 5.41) is 17.7. The van der Waals surface area contributed by atoms with Crippen LogP contribution in [0.25, 0.3) is 16.6 Å². The number of benzene rings is 4. The SMILES string of the molecule is COc1ccc(CN(Cc2ccc(OC)cc2)S(=O)(=O)[C@H]2C(S(N)(=O)=O)=CC=C(c3cccc4[nH]c(N)nc34)C2(c2nnnn2Cc2ccc(OC)cc2)C2CCN(C)C2)cc1. The maximum absolute atomic E-state index is 16.5. The van der Waals surface area contributed by atoms with Crippen LogP contribution in [0.3, 0.4) is 0 Å². The van der Waals surface area contributed by atoms with Crippen molar-refractivity contribution in [3.63, 3.8) is 0 Å². The molecule has 3 atom stereocenters. The number of nitrogen functional groups attached to an aromatic ring is 1. The number of nitrogens with two attached hydrogens (primary N) is 2. The van der Waals surface area contributed by atoms with Gasteiger partial charge in [-0.1, -0.05) is 54.6 Å². The van der Waals surface area contributed by atoms with E-state index in [0.717, 1.165) is 5.56 Å². The number of methoxy groups -OCH3 is 3. The lowest BCUT2D eigenvalue weighted by Gasteiger charge is -2.48. The van der Waals surface area contributed by atoms with Crippen molar-refractivity contribution in [2.75, 3.05) is 47.2 Å². The first-order chi connectivity index (χ1) is 29.8. The summed E-state index contributed by atoms with van der Waals surface area (Å²) in [6.45, 7) is 0.740. The molecule has 0 spiro atoms. The van der Waals surface area contributed by atoms with Gasteiger partial charge in [0.15, 0.2) is 11.8 Å². The molecule has 0 radical (unpaired) electrons. The summed E-state index contributed by atoms with van der Waals surface area (Å²) < 4.78 is 80.4. The second-order valence-electron chi connectivity index (χ2n) is 15.5. The lowest BCUT2D eigenvalue weighted by atomic mass is 9.62. The molecule has 1 aliphatic carbocycles. The summed E-state index contributed by atoms with van der Waals surface area (Å²) in [4.78, 5) is 9.34.